The molecule has 0 aromatic heterocycles. The van der Waals surface area contributed by atoms with Crippen molar-refractivity contribution in [3.05, 3.63) is 12.7 Å². The van der Waals surface area contributed by atoms with Gasteiger partial charge in [0.15, 0.2) is 0 Å². The molecule has 0 saturated heterocycles. The van der Waals surface area contributed by atoms with Crippen molar-refractivity contribution in [2.45, 2.75) is 13.8 Å². The zero-order valence-corrected chi connectivity index (χ0v) is 9.43. The van der Waals surface area contributed by atoms with E-state index in [9.17, 15) is 14.7 Å². The molecule has 0 aliphatic rings. The van der Waals surface area contributed by atoms with Crippen LogP contribution in [-0.2, 0) is 9.21 Å². The topological polar surface area (TPSA) is 60.7 Å². The minimum atomic E-state index is -3.63. The third-order valence-corrected chi connectivity index (χ3v) is 12.2. The minimum Gasteiger partial charge on any atom is -0.330 e. The first-order valence-electron chi connectivity index (χ1n) is 3.98. The largest absolute Gasteiger partial charge is 0.330 e. The van der Waals surface area contributed by atoms with Gasteiger partial charge in [0.2, 0.25) is 0 Å². The summed E-state index contributed by atoms with van der Waals surface area (Å²) in [6.07, 6.45) is 1.66. The van der Waals surface area contributed by atoms with Gasteiger partial charge in [-0.2, -0.15) is 9.21 Å². The molecular weight excluding hydrogens is 195 g/mol. The van der Waals surface area contributed by atoms with Crippen molar-refractivity contribution in [2.24, 2.45) is 0 Å². The molecule has 76 valence electrons. The second-order valence-corrected chi connectivity index (χ2v) is 11.8. The fraction of sp³-hybridized carbons (Fsp3) is 0.714. The van der Waals surface area contributed by atoms with Gasteiger partial charge in [-0.15, -0.1) is 6.58 Å². The van der Waals surface area contributed by atoms with Crippen LogP contribution in [0.25, 0.3) is 0 Å². The Bertz CT molecular complexity index is 215. The van der Waals surface area contributed by atoms with Crippen LogP contribution in [0.3, 0.4) is 0 Å². The van der Waals surface area contributed by atoms with E-state index in [4.69, 9.17) is 0 Å². The van der Waals surface area contributed by atoms with E-state index < -0.39 is 15.9 Å². The molecule has 3 N–H and O–H groups in total. The summed E-state index contributed by atoms with van der Waals surface area (Å²) < 4.78 is 0. The standard InChI is InChI=1S/C7H19O3PS/c1-4-7-12(5-2,6-3)11(8,9)10/h4,8-10,12H,1,5-7H2,2-3H3. The van der Waals surface area contributed by atoms with E-state index in [-0.39, 0.29) is 0 Å². The van der Waals surface area contributed by atoms with E-state index in [0.717, 1.165) is 0 Å². The Balaban J connectivity index is 5.24. The maximum Gasteiger partial charge on any atom is 0.260 e. The molecule has 5 heteroatoms. The Kier molecular flexibility index (Phi) is 4.74. The van der Waals surface area contributed by atoms with E-state index >= 15 is 0 Å². The Morgan fingerprint density at radius 1 is 1.25 bits per heavy atom. The molecule has 0 amide bonds. The van der Waals surface area contributed by atoms with Crippen LogP contribution in [0.2, 0.25) is 0 Å². The molecule has 0 spiro atoms. The summed E-state index contributed by atoms with van der Waals surface area (Å²) >= 11 is 0. The van der Waals surface area contributed by atoms with E-state index in [0.29, 0.717) is 17.3 Å². The number of hydrogen-bond acceptors (Lipinski definition) is 0. The lowest BCUT2D eigenvalue weighted by Crippen LogP contribution is -2.22. The van der Waals surface area contributed by atoms with Gasteiger partial charge >= 0.3 is 0 Å². The molecule has 0 heterocycles. The zero-order valence-electron chi connectivity index (χ0n) is 7.64. The molecule has 0 radical (unpaired) electrons. The van der Waals surface area contributed by atoms with Gasteiger partial charge in [0.1, 0.15) is 0 Å². The predicted molar refractivity (Wildman–Crippen MR) is 58.5 cm³/mol. The molecular formula is C7H19O3PS. The van der Waals surface area contributed by atoms with Gasteiger partial charge in [0.05, 0.1) is 0 Å². The molecule has 0 aliphatic heterocycles. The Morgan fingerprint density at radius 3 is 1.75 bits per heavy atom. The molecule has 0 rings (SSSR count). The summed E-state index contributed by atoms with van der Waals surface area (Å²) in [5.41, 5.74) is 0. The maximum atomic E-state index is 9.28. The first-order valence-corrected chi connectivity index (χ1v) is 8.68. The van der Waals surface area contributed by atoms with Gasteiger partial charge < -0.3 is 14.7 Å². The van der Waals surface area contributed by atoms with Gasteiger partial charge in [0, 0.05) is 0 Å². The summed E-state index contributed by atoms with van der Waals surface area (Å²) in [5, 5.41) is 0. The lowest BCUT2D eigenvalue weighted by Gasteiger charge is -2.31. The highest BCUT2D eigenvalue weighted by Crippen LogP contribution is 2.44. The number of hydrogen-bond donors (Lipinski definition) is 4. The number of thiol groups is 1. The van der Waals surface area contributed by atoms with Crippen molar-refractivity contribution in [3.63, 3.8) is 0 Å². The van der Waals surface area contributed by atoms with E-state index in [1.165, 1.54) is 0 Å². The lowest BCUT2D eigenvalue weighted by atomic mass is 10.8. The minimum absolute atomic E-state index is 0.553. The summed E-state index contributed by atoms with van der Waals surface area (Å²) in [7, 11) is -1.98. The van der Waals surface area contributed by atoms with E-state index in [2.05, 4.69) is 6.58 Å². The highest BCUT2D eigenvalue weighted by atomic mass is 32.6. The highest BCUT2D eigenvalue weighted by Gasteiger charge is 2.20. The van der Waals surface area contributed by atoms with Crippen LogP contribution < -0.4 is 0 Å². The first-order chi connectivity index (χ1) is 5.43. The van der Waals surface area contributed by atoms with Crippen molar-refractivity contribution in [2.75, 3.05) is 17.3 Å². The second-order valence-electron chi connectivity index (χ2n) is 2.74. The molecule has 0 aliphatic carbocycles. The summed E-state index contributed by atoms with van der Waals surface area (Å²) in [5.74, 6) is 1.87. The van der Waals surface area contributed by atoms with Crippen molar-refractivity contribution >= 4 is 15.9 Å². The smallest absolute Gasteiger partial charge is 0.260 e. The fourth-order valence-electron chi connectivity index (χ4n) is 1.21. The summed E-state index contributed by atoms with van der Waals surface area (Å²) in [6, 6.07) is 0. The van der Waals surface area contributed by atoms with Gasteiger partial charge in [-0.1, -0.05) is 19.9 Å². The van der Waals surface area contributed by atoms with Crippen LogP contribution in [0.4, 0.5) is 0 Å². The van der Waals surface area contributed by atoms with Crippen LogP contribution >= 0.6 is 6.72 Å². The molecule has 0 aromatic rings. The lowest BCUT2D eigenvalue weighted by molar-refractivity contribution is 0.362. The molecule has 0 atom stereocenters. The van der Waals surface area contributed by atoms with E-state index in [1.54, 1.807) is 6.08 Å². The molecule has 3 nitrogen and oxygen atoms in total. The monoisotopic (exact) mass is 214 g/mol. The van der Waals surface area contributed by atoms with Gasteiger partial charge in [-0.05, 0) is 17.3 Å². The zero-order chi connectivity index (χ0) is 9.83. The SMILES string of the molecule is C=CC[SH](CC)(CC)=P(O)(O)O. The average molecular weight is 214 g/mol. The molecule has 0 aromatic carbocycles. The Morgan fingerprint density at radius 2 is 1.67 bits per heavy atom. The van der Waals surface area contributed by atoms with Gasteiger partial charge in [0.25, 0.3) is 6.72 Å². The average Bonchev–Trinajstić information content (AvgIpc) is 1.98. The van der Waals surface area contributed by atoms with Crippen LogP contribution in [-0.4, -0.2) is 31.9 Å². The van der Waals surface area contributed by atoms with Crippen molar-refractivity contribution in [1.82, 2.24) is 0 Å². The molecule has 12 heavy (non-hydrogen) atoms. The Hall–Kier alpha value is 0.400. The quantitative estimate of drug-likeness (QED) is 0.317. The Labute approximate surface area is 74.9 Å². The molecule has 0 unspecified atom stereocenters. The van der Waals surface area contributed by atoms with Gasteiger partial charge in [-0.3, -0.25) is 0 Å². The maximum absolute atomic E-state index is 9.28. The number of rotatable bonds is 4. The first kappa shape index (κ1) is 12.4. The third kappa shape index (κ3) is 2.44. The third-order valence-electron chi connectivity index (χ3n) is 2.22. The second kappa shape index (κ2) is 4.58. The van der Waals surface area contributed by atoms with Crippen molar-refractivity contribution in [1.29, 1.82) is 0 Å². The van der Waals surface area contributed by atoms with Gasteiger partial charge in [-0.25, -0.2) is 0 Å². The summed E-state index contributed by atoms with van der Waals surface area (Å²) in [6.45, 7) is 3.71. The van der Waals surface area contributed by atoms with Crippen LogP contribution in [0.15, 0.2) is 12.7 Å². The molecule has 0 fully saturated rings. The summed E-state index contributed by atoms with van der Waals surface area (Å²) in [4.78, 5) is 27.8. The highest BCUT2D eigenvalue weighted by molar-refractivity contribution is 8.39. The van der Waals surface area contributed by atoms with Crippen molar-refractivity contribution < 1.29 is 14.7 Å². The molecule has 0 bridgehead atoms. The molecule has 0 saturated carbocycles. The van der Waals surface area contributed by atoms with Crippen LogP contribution in [0, 0.1) is 0 Å². The van der Waals surface area contributed by atoms with Crippen LogP contribution in [0.5, 0.6) is 0 Å². The normalized spacial score (nSPS) is 14.4. The fourth-order valence-corrected chi connectivity index (χ4v) is 6.91. The van der Waals surface area contributed by atoms with E-state index in [1.807, 2.05) is 13.8 Å². The van der Waals surface area contributed by atoms with Crippen molar-refractivity contribution in [3.8, 4) is 0 Å². The predicted octanol–water partition coefficient (Wildman–Crippen LogP) is 0.753. The van der Waals surface area contributed by atoms with Crippen LogP contribution in [0.1, 0.15) is 13.8 Å².